The molecule has 0 radical (unpaired) electrons. The van der Waals surface area contributed by atoms with Gasteiger partial charge in [-0.1, -0.05) is 52.0 Å². The molecule has 1 amide bonds. The van der Waals surface area contributed by atoms with Crippen LogP contribution in [0.5, 0.6) is 11.5 Å². The van der Waals surface area contributed by atoms with Gasteiger partial charge >= 0.3 is 0 Å². The molecule has 1 aliphatic heterocycles. The summed E-state index contributed by atoms with van der Waals surface area (Å²) in [6.07, 6.45) is 0.00619. The average Bonchev–Trinajstić information content (AvgIpc) is 3.17. The molecule has 0 aliphatic carbocycles. The van der Waals surface area contributed by atoms with Crippen LogP contribution in [0.1, 0.15) is 75.8 Å². The van der Waals surface area contributed by atoms with Crippen molar-refractivity contribution in [3.8, 4) is 11.5 Å². The van der Waals surface area contributed by atoms with Gasteiger partial charge in [0.1, 0.15) is 17.3 Å². The summed E-state index contributed by atoms with van der Waals surface area (Å²) in [6, 6.07) is 19.5. The second-order valence-electron chi connectivity index (χ2n) is 11.3. The van der Waals surface area contributed by atoms with E-state index in [1.807, 2.05) is 69.3 Å². The van der Waals surface area contributed by atoms with Gasteiger partial charge in [0.25, 0.3) is 11.7 Å². The molecule has 1 unspecified atom stereocenters. The monoisotopic (exact) mass is 541 g/mol. The number of carbonyl (C=O) groups is 2. The van der Waals surface area contributed by atoms with Gasteiger partial charge in [0.15, 0.2) is 0 Å². The zero-order valence-electron chi connectivity index (χ0n) is 24.4. The number of hydrogen-bond donors (Lipinski definition) is 1. The van der Waals surface area contributed by atoms with E-state index in [1.54, 1.807) is 18.2 Å². The first-order valence-corrected chi connectivity index (χ1v) is 13.9. The molecule has 1 saturated heterocycles. The number of rotatable bonds is 9. The Morgan fingerprint density at radius 3 is 2.10 bits per heavy atom. The molecule has 1 heterocycles. The number of ketones is 1. The standard InChI is InChI=1S/C34H39NO5/c1-20(2)19-39-29-17-12-26(18-23(29)7)32(36)30-31(25-10-15-28(16-11-25)40-22(5)6)35(34(38)33(30)37)27-13-8-24(9-14-27)21(3)4/h8-18,20-22,31,36H,19H2,1-7H3/b32-30-. The molecule has 3 aromatic carbocycles. The molecule has 1 aliphatic rings. The molecule has 1 fully saturated rings. The number of amides is 1. The molecule has 210 valence electrons. The normalized spacial score (nSPS) is 16.9. The van der Waals surface area contributed by atoms with Crippen LogP contribution in [0.3, 0.4) is 0 Å². The van der Waals surface area contributed by atoms with Gasteiger partial charge in [-0.25, -0.2) is 0 Å². The lowest BCUT2D eigenvalue weighted by Crippen LogP contribution is -2.29. The summed E-state index contributed by atoms with van der Waals surface area (Å²) in [5.41, 5.74) is 3.74. The van der Waals surface area contributed by atoms with Crippen LogP contribution in [0, 0.1) is 12.8 Å². The van der Waals surface area contributed by atoms with Gasteiger partial charge in [-0.15, -0.1) is 0 Å². The van der Waals surface area contributed by atoms with Crippen LogP contribution in [0.2, 0.25) is 0 Å². The molecule has 1 atom stereocenters. The Bertz CT molecular complexity index is 1400. The number of anilines is 1. The van der Waals surface area contributed by atoms with Gasteiger partial charge in [0, 0.05) is 11.3 Å². The summed E-state index contributed by atoms with van der Waals surface area (Å²) in [5, 5.41) is 11.5. The lowest BCUT2D eigenvalue weighted by molar-refractivity contribution is -0.132. The van der Waals surface area contributed by atoms with Crippen molar-refractivity contribution < 1.29 is 24.2 Å². The molecule has 0 saturated carbocycles. The van der Waals surface area contributed by atoms with Crippen molar-refractivity contribution in [3.63, 3.8) is 0 Å². The van der Waals surface area contributed by atoms with Gasteiger partial charge in [0.2, 0.25) is 0 Å². The summed E-state index contributed by atoms with van der Waals surface area (Å²) >= 11 is 0. The van der Waals surface area contributed by atoms with E-state index >= 15 is 0 Å². The van der Waals surface area contributed by atoms with E-state index in [9.17, 15) is 14.7 Å². The van der Waals surface area contributed by atoms with Crippen LogP contribution in [0.4, 0.5) is 5.69 Å². The van der Waals surface area contributed by atoms with Crippen LogP contribution >= 0.6 is 0 Å². The third-order valence-corrected chi connectivity index (χ3v) is 6.87. The number of aliphatic hydroxyl groups excluding tert-OH is 1. The molecule has 3 aromatic rings. The first kappa shape index (κ1) is 28.9. The van der Waals surface area contributed by atoms with E-state index in [0.29, 0.717) is 46.8 Å². The summed E-state index contributed by atoms with van der Waals surface area (Å²) in [7, 11) is 0. The van der Waals surface area contributed by atoms with E-state index in [1.165, 1.54) is 4.90 Å². The molecule has 40 heavy (non-hydrogen) atoms. The number of aliphatic hydroxyl groups is 1. The molecular formula is C34H39NO5. The van der Waals surface area contributed by atoms with Gasteiger partial charge in [0.05, 0.1) is 24.3 Å². The van der Waals surface area contributed by atoms with E-state index in [-0.39, 0.29) is 17.4 Å². The van der Waals surface area contributed by atoms with Gasteiger partial charge in [-0.3, -0.25) is 14.5 Å². The van der Waals surface area contributed by atoms with Crippen molar-refractivity contribution in [2.24, 2.45) is 5.92 Å². The fourth-order valence-electron chi connectivity index (χ4n) is 4.81. The van der Waals surface area contributed by atoms with Crippen LogP contribution in [0.25, 0.3) is 5.76 Å². The van der Waals surface area contributed by atoms with Crippen molar-refractivity contribution in [2.45, 2.75) is 66.5 Å². The quantitative estimate of drug-likeness (QED) is 0.172. The van der Waals surface area contributed by atoms with E-state index < -0.39 is 17.7 Å². The number of aryl methyl sites for hydroxylation is 1. The van der Waals surface area contributed by atoms with Crippen molar-refractivity contribution in [1.82, 2.24) is 0 Å². The summed E-state index contributed by atoms with van der Waals surface area (Å²) < 4.78 is 11.7. The Morgan fingerprint density at radius 1 is 0.900 bits per heavy atom. The minimum Gasteiger partial charge on any atom is -0.507 e. The van der Waals surface area contributed by atoms with Crippen molar-refractivity contribution in [2.75, 3.05) is 11.5 Å². The van der Waals surface area contributed by atoms with Crippen LogP contribution in [-0.4, -0.2) is 29.5 Å². The van der Waals surface area contributed by atoms with Crippen LogP contribution in [-0.2, 0) is 9.59 Å². The number of nitrogens with zero attached hydrogens (tertiary/aromatic N) is 1. The fourth-order valence-corrected chi connectivity index (χ4v) is 4.81. The lowest BCUT2D eigenvalue weighted by atomic mass is 9.94. The first-order valence-electron chi connectivity index (χ1n) is 13.9. The molecule has 0 spiro atoms. The summed E-state index contributed by atoms with van der Waals surface area (Å²) in [5.74, 6) is 0.471. The SMILES string of the molecule is Cc1cc(/C(O)=C2/C(=O)C(=O)N(c3ccc(C(C)C)cc3)C2c2ccc(OC(C)C)cc2)ccc1OCC(C)C. The van der Waals surface area contributed by atoms with E-state index in [4.69, 9.17) is 9.47 Å². The predicted molar refractivity (Wildman–Crippen MR) is 159 cm³/mol. The molecular weight excluding hydrogens is 502 g/mol. The highest BCUT2D eigenvalue weighted by molar-refractivity contribution is 6.51. The van der Waals surface area contributed by atoms with Gasteiger partial charge in [-0.2, -0.15) is 0 Å². The second-order valence-corrected chi connectivity index (χ2v) is 11.3. The third-order valence-electron chi connectivity index (χ3n) is 6.87. The number of Topliss-reactive ketones (excluding diaryl/α,β-unsaturated/α-hetero) is 1. The maximum Gasteiger partial charge on any atom is 0.300 e. The number of ether oxygens (including phenoxy) is 2. The zero-order valence-corrected chi connectivity index (χ0v) is 24.4. The Balaban J connectivity index is 1.83. The van der Waals surface area contributed by atoms with E-state index in [2.05, 4.69) is 27.7 Å². The van der Waals surface area contributed by atoms with Gasteiger partial charge < -0.3 is 14.6 Å². The highest BCUT2D eigenvalue weighted by Gasteiger charge is 2.47. The maximum atomic E-state index is 13.5. The largest absolute Gasteiger partial charge is 0.507 e. The minimum atomic E-state index is -0.810. The van der Waals surface area contributed by atoms with Crippen molar-refractivity contribution in [1.29, 1.82) is 0 Å². The number of benzene rings is 3. The second kappa shape index (κ2) is 12.0. The Hall–Kier alpha value is -4.06. The smallest absolute Gasteiger partial charge is 0.300 e. The number of hydrogen-bond acceptors (Lipinski definition) is 5. The maximum absolute atomic E-state index is 13.5. The third kappa shape index (κ3) is 6.06. The summed E-state index contributed by atoms with van der Waals surface area (Å²) in [4.78, 5) is 28.5. The van der Waals surface area contributed by atoms with E-state index in [0.717, 1.165) is 11.1 Å². The molecule has 6 nitrogen and oxygen atoms in total. The minimum absolute atomic E-state index is 0.00619. The van der Waals surface area contributed by atoms with Gasteiger partial charge in [-0.05, 0) is 91.8 Å². The van der Waals surface area contributed by atoms with Crippen molar-refractivity contribution >= 4 is 23.1 Å². The first-order chi connectivity index (χ1) is 19.0. The topological polar surface area (TPSA) is 76.1 Å². The predicted octanol–water partition coefficient (Wildman–Crippen LogP) is 7.57. The molecule has 0 aromatic heterocycles. The summed E-state index contributed by atoms with van der Waals surface area (Å²) in [6.45, 7) is 14.7. The lowest BCUT2D eigenvalue weighted by Gasteiger charge is -2.26. The van der Waals surface area contributed by atoms with Crippen LogP contribution < -0.4 is 14.4 Å². The Labute approximate surface area is 237 Å². The highest BCUT2D eigenvalue weighted by Crippen LogP contribution is 2.43. The van der Waals surface area contributed by atoms with Crippen molar-refractivity contribution in [3.05, 3.63) is 94.6 Å². The fraction of sp³-hybridized carbons (Fsp3) is 0.353. The molecule has 0 bridgehead atoms. The molecule has 6 heteroatoms. The number of carbonyl (C=O) groups excluding carboxylic acids is 2. The van der Waals surface area contributed by atoms with Crippen LogP contribution in [0.15, 0.2) is 72.3 Å². The zero-order chi connectivity index (χ0) is 29.1. The average molecular weight is 542 g/mol. The molecule has 1 N–H and O–H groups in total. The Kier molecular flexibility index (Phi) is 8.67. The Morgan fingerprint density at radius 2 is 1.55 bits per heavy atom. The highest BCUT2D eigenvalue weighted by atomic mass is 16.5. The molecule has 4 rings (SSSR count).